The number of carbonyl (C=O) groups is 2. The summed E-state index contributed by atoms with van der Waals surface area (Å²) >= 11 is 0. The molecule has 1 aliphatic carbocycles. The summed E-state index contributed by atoms with van der Waals surface area (Å²) in [5.41, 5.74) is 4.06. The number of carbonyl (C=O) groups excluding carboxylic acids is 1. The van der Waals surface area contributed by atoms with E-state index in [1.54, 1.807) is 0 Å². The number of hydrogen-bond acceptors (Lipinski definition) is 6. The van der Waals surface area contributed by atoms with Crippen molar-refractivity contribution in [3.8, 4) is 11.1 Å². The minimum atomic E-state index is -1.11. The number of hydrogen-bond donors (Lipinski definition) is 2. The number of alkyl carbamates (subject to hydrolysis) is 1. The maximum absolute atomic E-state index is 12.6. The molecule has 1 aromatic heterocycles. The van der Waals surface area contributed by atoms with Gasteiger partial charge in [0.05, 0.1) is 6.42 Å². The minimum Gasteiger partial charge on any atom is -0.481 e. The van der Waals surface area contributed by atoms with Gasteiger partial charge in [0.15, 0.2) is 5.82 Å². The fourth-order valence-corrected chi connectivity index (χ4v) is 3.84. The first-order valence-electron chi connectivity index (χ1n) is 10.4. The smallest absolute Gasteiger partial charge is 0.407 e. The van der Waals surface area contributed by atoms with E-state index in [4.69, 9.17) is 9.26 Å². The van der Waals surface area contributed by atoms with Gasteiger partial charge in [-0.15, -0.1) is 0 Å². The maximum Gasteiger partial charge on any atom is 0.407 e. The van der Waals surface area contributed by atoms with Crippen molar-refractivity contribution in [2.45, 2.75) is 44.6 Å². The van der Waals surface area contributed by atoms with Gasteiger partial charge in [0.25, 0.3) is 0 Å². The summed E-state index contributed by atoms with van der Waals surface area (Å²) in [4.78, 5) is 28.2. The van der Waals surface area contributed by atoms with E-state index in [9.17, 15) is 14.7 Å². The van der Waals surface area contributed by atoms with Crippen LogP contribution in [0.4, 0.5) is 4.79 Å². The first-order valence-corrected chi connectivity index (χ1v) is 10.4. The molecule has 0 spiro atoms. The van der Waals surface area contributed by atoms with E-state index < -0.39 is 24.5 Å². The maximum atomic E-state index is 12.6. The highest BCUT2D eigenvalue weighted by Gasteiger charge is 2.31. The summed E-state index contributed by atoms with van der Waals surface area (Å²) in [5.74, 6) is -0.741. The van der Waals surface area contributed by atoms with Crippen LogP contribution in [0.2, 0.25) is 0 Å². The Kier molecular flexibility index (Phi) is 5.69. The average Bonchev–Trinajstić information content (AvgIpc) is 3.35. The summed E-state index contributed by atoms with van der Waals surface area (Å²) in [6.07, 6.45) is -1.15. The molecule has 1 heterocycles. The van der Waals surface area contributed by atoms with Gasteiger partial charge in [-0.1, -0.05) is 74.5 Å². The number of ether oxygens (including phenoxy) is 1. The summed E-state index contributed by atoms with van der Waals surface area (Å²) in [6, 6.07) is 15.1. The Hall–Kier alpha value is -3.68. The van der Waals surface area contributed by atoms with Gasteiger partial charge in [-0.2, -0.15) is 4.98 Å². The predicted molar refractivity (Wildman–Crippen MR) is 116 cm³/mol. The monoisotopic (exact) mass is 435 g/mol. The van der Waals surface area contributed by atoms with Crippen LogP contribution in [0.5, 0.6) is 0 Å². The first kappa shape index (κ1) is 21.5. The molecule has 0 aliphatic heterocycles. The number of nitrogens with zero attached hydrogens (tertiary/aromatic N) is 2. The van der Waals surface area contributed by atoms with Crippen LogP contribution in [0.15, 0.2) is 53.1 Å². The van der Waals surface area contributed by atoms with E-state index in [0.717, 1.165) is 22.3 Å². The molecule has 8 nitrogen and oxygen atoms in total. The largest absolute Gasteiger partial charge is 0.481 e. The Morgan fingerprint density at radius 2 is 1.69 bits per heavy atom. The molecule has 1 aliphatic rings. The van der Waals surface area contributed by atoms with Gasteiger partial charge in [-0.3, -0.25) is 4.79 Å². The normalized spacial score (nSPS) is 13.8. The van der Waals surface area contributed by atoms with Gasteiger partial charge in [0, 0.05) is 11.3 Å². The number of carboxylic acid groups (broad SMARTS) is 1. The van der Waals surface area contributed by atoms with Crippen molar-refractivity contribution in [1.29, 1.82) is 0 Å². The lowest BCUT2D eigenvalue weighted by atomic mass is 9.96. The molecule has 3 aromatic rings. The predicted octanol–water partition coefficient (Wildman–Crippen LogP) is 4.42. The zero-order valence-electron chi connectivity index (χ0n) is 18.2. The van der Waals surface area contributed by atoms with Crippen LogP contribution in [0, 0.1) is 0 Å². The lowest BCUT2D eigenvalue weighted by Gasteiger charge is -2.17. The number of amides is 1. The Balaban J connectivity index is 1.47. The zero-order chi connectivity index (χ0) is 22.9. The van der Waals surface area contributed by atoms with Crippen molar-refractivity contribution < 1.29 is 24.0 Å². The van der Waals surface area contributed by atoms with E-state index in [0.29, 0.717) is 5.82 Å². The van der Waals surface area contributed by atoms with Crippen LogP contribution in [0.1, 0.15) is 62.0 Å². The molecule has 0 saturated carbocycles. The average molecular weight is 435 g/mol. The molecule has 4 rings (SSSR count). The van der Waals surface area contributed by atoms with Crippen LogP contribution in [-0.4, -0.2) is 33.9 Å². The van der Waals surface area contributed by atoms with E-state index >= 15 is 0 Å². The molecule has 1 amide bonds. The number of nitrogens with one attached hydrogen (secondary N) is 1. The number of benzene rings is 2. The summed E-state index contributed by atoms with van der Waals surface area (Å²) < 4.78 is 10.7. The zero-order valence-corrected chi connectivity index (χ0v) is 18.2. The van der Waals surface area contributed by atoms with Gasteiger partial charge in [-0.05, 0) is 22.3 Å². The number of carboxylic acids is 1. The topological polar surface area (TPSA) is 115 Å². The van der Waals surface area contributed by atoms with E-state index in [2.05, 4.69) is 27.6 Å². The molecule has 0 saturated heterocycles. The van der Waals surface area contributed by atoms with Crippen LogP contribution < -0.4 is 5.32 Å². The van der Waals surface area contributed by atoms with Crippen molar-refractivity contribution in [3.63, 3.8) is 0 Å². The Morgan fingerprint density at radius 1 is 1.09 bits per heavy atom. The minimum absolute atomic E-state index is 0.0332. The van der Waals surface area contributed by atoms with Crippen molar-refractivity contribution in [3.05, 3.63) is 71.4 Å². The van der Waals surface area contributed by atoms with Crippen LogP contribution in [0.3, 0.4) is 0 Å². The molecule has 0 fully saturated rings. The molecule has 1 atom stereocenters. The molecule has 2 N–H and O–H groups in total. The third-order valence-electron chi connectivity index (χ3n) is 5.43. The third-order valence-corrected chi connectivity index (χ3v) is 5.43. The number of aromatic nitrogens is 2. The highest BCUT2D eigenvalue weighted by atomic mass is 16.5. The second-order valence-corrected chi connectivity index (χ2v) is 8.83. The lowest BCUT2D eigenvalue weighted by Crippen LogP contribution is -2.32. The van der Waals surface area contributed by atoms with Gasteiger partial charge in [0.2, 0.25) is 5.89 Å². The van der Waals surface area contributed by atoms with Crippen LogP contribution in [0.25, 0.3) is 11.1 Å². The van der Waals surface area contributed by atoms with Gasteiger partial charge >= 0.3 is 12.1 Å². The summed E-state index contributed by atoms with van der Waals surface area (Å²) in [6.45, 7) is 5.85. The highest BCUT2D eigenvalue weighted by Crippen LogP contribution is 2.44. The van der Waals surface area contributed by atoms with Crippen LogP contribution >= 0.6 is 0 Å². The molecule has 0 bridgehead atoms. The molecular formula is C24H25N3O5. The molecule has 32 heavy (non-hydrogen) atoms. The van der Waals surface area contributed by atoms with Gasteiger partial charge < -0.3 is 19.7 Å². The molecule has 0 radical (unpaired) electrons. The fraction of sp³-hybridized carbons (Fsp3) is 0.333. The number of fused-ring (bicyclic) bond motifs is 3. The fourth-order valence-electron chi connectivity index (χ4n) is 3.84. The molecular weight excluding hydrogens is 410 g/mol. The van der Waals surface area contributed by atoms with Crippen molar-refractivity contribution in [2.75, 3.05) is 6.61 Å². The van der Waals surface area contributed by atoms with E-state index in [-0.39, 0.29) is 23.8 Å². The van der Waals surface area contributed by atoms with Crippen molar-refractivity contribution in [1.82, 2.24) is 15.5 Å². The van der Waals surface area contributed by atoms with Gasteiger partial charge in [0.1, 0.15) is 12.6 Å². The van der Waals surface area contributed by atoms with Gasteiger partial charge in [-0.25, -0.2) is 4.79 Å². The summed E-state index contributed by atoms with van der Waals surface area (Å²) in [7, 11) is 0. The SMILES string of the molecule is CC(C)(C)c1noc([C@@H](CC(=O)O)NC(=O)OCC2c3ccccc3-c3ccccc32)n1. The standard InChI is InChI=1S/C24H25N3O5/c1-24(2,3)22-26-21(32-27-22)19(12-20(28)29)25-23(30)31-13-18-16-10-6-4-8-14(16)15-9-5-7-11-17(15)18/h4-11,18-19H,12-13H2,1-3H3,(H,25,30)(H,28,29)/t19-/m1/s1. The molecule has 2 aromatic carbocycles. The second-order valence-electron chi connectivity index (χ2n) is 8.83. The Bertz CT molecular complexity index is 1100. The third kappa shape index (κ3) is 4.34. The molecule has 8 heteroatoms. The Labute approximate surface area is 185 Å². The van der Waals surface area contributed by atoms with Crippen molar-refractivity contribution in [2.24, 2.45) is 0 Å². The van der Waals surface area contributed by atoms with E-state index in [1.165, 1.54) is 0 Å². The first-order chi connectivity index (χ1) is 15.2. The van der Waals surface area contributed by atoms with Crippen molar-refractivity contribution >= 4 is 12.1 Å². The highest BCUT2D eigenvalue weighted by molar-refractivity contribution is 5.79. The lowest BCUT2D eigenvalue weighted by molar-refractivity contribution is -0.137. The Morgan fingerprint density at radius 3 is 2.22 bits per heavy atom. The number of aliphatic carboxylic acids is 1. The molecule has 0 unspecified atom stereocenters. The quantitative estimate of drug-likeness (QED) is 0.589. The second kappa shape index (κ2) is 8.45. The van der Waals surface area contributed by atoms with Crippen LogP contribution in [-0.2, 0) is 14.9 Å². The summed E-state index contributed by atoms with van der Waals surface area (Å²) in [5, 5.41) is 15.7. The number of rotatable bonds is 6. The molecule has 166 valence electrons. The van der Waals surface area contributed by atoms with E-state index in [1.807, 2.05) is 57.2 Å².